The summed E-state index contributed by atoms with van der Waals surface area (Å²) in [4.78, 5) is 21.3. The minimum absolute atomic E-state index is 0.0291. The molecule has 0 aliphatic heterocycles. The molecule has 0 fully saturated rings. The molecule has 0 aromatic carbocycles. The van der Waals surface area contributed by atoms with Crippen LogP contribution in [-0.4, -0.2) is 33.3 Å². The van der Waals surface area contributed by atoms with Gasteiger partial charge in [-0.15, -0.1) is 11.3 Å². The SMILES string of the molecule is CCNC(=O)c1cc2c(C(=NO)c3ccoc3)nc(N)nc2s1. The molecule has 0 aliphatic rings. The van der Waals surface area contributed by atoms with Gasteiger partial charge in [0, 0.05) is 17.5 Å². The number of carbonyl (C=O) groups is 1. The molecule has 0 atom stereocenters. The van der Waals surface area contributed by atoms with E-state index in [1.54, 1.807) is 12.1 Å². The third kappa shape index (κ3) is 2.73. The molecule has 0 saturated heterocycles. The van der Waals surface area contributed by atoms with E-state index >= 15 is 0 Å². The van der Waals surface area contributed by atoms with Crippen molar-refractivity contribution in [2.75, 3.05) is 12.3 Å². The number of amides is 1. The molecule has 118 valence electrons. The first-order valence-corrected chi connectivity index (χ1v) is 7.56. The predicted octanol–water partition coefficient (Wildman–Crippen LogP) is 1.84. The van der Waals surface area contributed by atoms with Crippen molar-refractivity contribution in [2.24, 2.45) is 5.16 Å². The lowest BCUT2D eigenvalue weighted by atomic mass is 10.1. The van der Waals surface area contributed by atoms with Gasteiger partial charge < -0.3 is 20.7 Å². The number of fused-ring (bicyclic) bond motifs is 1. The number of rotatable bonds is 4. The van der Waals surface area contributed by atoms with E-state index in [9.17, 15) is 10.0 Å². The van der Waals surface area contributed by atoms with Crippen LogP contribution in [-0.2, 0) is 0 Å². The fourth-order valence-corrected chi connectivity index (χ4v) is 3.07. The topological polar surface area (TPSA) is 127 Å². The molecule has 3 aromatic heterocycles. The van der Waals surface area contributed by atoms with E-state index in [0.717, 1.165) is 0 Å². The Morgan fingerprint density at radius 1 is 1.52 bits per heavy atom. The van der Waals surface area contributed by atoms with Crippen LogP contribution in [0.15, 0.2) is 34.2 Å². The Balaban J connectivity index is 2.18. The molecule has 3 heterocycles. The molecule has 1 amide bonds. The number of nitrogens with two attached hydrogens (primary N) is 1. The Morgan fingerprint density at radius 2 is 2.35 bits per heavy atom. The Kier molecular flexibility index (Phi) is 3.94. The second-order valence-electron chi connectivity index (χ2n) is 4.58. The molecule has 0 bridgehead atoms. The van der Waals surface area contributed by atoms with Gasteiger partial charge in [-0.1, -0.05) is 5.16 Å². The van der Waals surface area contributed by atoms with Gasteiger partial charge in [0.25, 0.3) is 5.91 Å². The predicted molar refractivity (Wildman–Crippen MR) is 86.0 cm³/mol. The van der Waals surface area contributed by atoms with Crippen molar-refractivity contribution in [3.05, 3.63) is 40.8 Å². The average Bonchev–Trinajstić information content (AvgIpc) is 3.17. The van der Waals surface area contributed by atoms with Crippen LogP contribution < -0.4 is 11.1 Å². The number of nitrogens with one attached hydrogen (secondary N) is 1. The maximum atomic E-state index is 12.0. The number of anilines is 1. The molecule has 0 spiro atoms. The van der Waals surface area contributed by atoms with Crippen LogP contribution in [0.3, 0.4) is 0 Å². The number of nitrogen functional groups attached to an aromatic ring is 1. The highest BCUT2D eigenvalue weighted by Crippen LogP contribution is 2.28. The first-order chi connectivity index (χ1) is 11.1. The number of hydrogen-bond donors (Lipinski definition) is 3. The standard InChI is InChI=1S/C14H13N5O3S/c1-2-16-12(20)9-5-8-11(17-14(15)18-13(8)23-9)10(19-21)7-3-4-22-6-7/h3-6,21H,2H2,1H3,(H,16,20)(H2,15,17,18). The van der Waals surface area contributed by atoms with Gasteiger partial charge in [-0.3, -0.25) is 4.79 Å². The van der Waals surface area contributed by atoms with Crippen molar-refractivity contribution in [1.29, 1.82) is 0 Å². The second-order valence-corrected chi connectivity index (χ2v) is 5.61. The Hall–Kier alpha value is -2.94. The monoisotopic (exact) mass is 331 g/mol. The summed E-state index contributed by atoms with van der Waals surface area (Å²) in [6.45, 7) is 2.36. The van der Waals surface area contributed by atoms with Gasteiger partial charge in [0.2, 0.25) is 5.95 Å². The number of oxime groups is 1. The number of aromatic nitrogens is 2. The molecule has 8 nitrogen and oxygen atoms in total. The molecular weight excluding hydrogens is 318 g/mol. The van der Waals surface area contributed by atoms with Crippen LogP contribution in [0.5, 0.6) is 0 Å². The van der Waals surface area contributed by atoms with Gasteiger partial charge >= 0.3 is 0 Å². The van der Waals surface area contributed by atoms with E-state index < -0.39 is 0 Å². The van der Waals surface area contributed by atoms with Crippen molar-refractivity contribution in [3.8, 4) is 0 Å². The summed E-state index contributed by atoms with van der Waals surface area (Å²) in [6, 6.07) is 3.29. The molecule has 0 aliphatic carbocycles. The maximum absolute atomic E-state index is 12.0. The number of hydrogen-bond acceptors (Lipinski definition) is 8. The van der Waals surface area contributed by atoms with Crippen molar-refractivity contribution >= 4 is 39.1 Å². The largest absolute Gasteiger partial charge is 0.472 e. The molecule has 3 aromatic rings. The van der Waals surface area contributed by atoms with E-state index in [1.807, 2.05) is 6.92 Å². The molecular formula is C14H13N5O3S. The van der Waals surface area contributed by atoms with Crippen LogP contribution in [0.4, 0.5) is 5.95 Å². The van der Waals surface area contributed by atoms with Crippen molar-refractivity contribution in [2.45, 2.75) is 6.92 Å². The zero-order valence-electron chi connectivity index (χ0n) is 12.1. The highest BCUT2D eigenvalue weighted by atomic mass is 32.1. The minimum atomic E-state index is -0.203. The van der Waals surface area contributed by atoms with Crippen LogP contribution in [0, 0.1) is 0 Å². The first kappa shape index (κ1) is 15.0. The highest BCUT2D eigenvalue weighted by Gasteiger charge is 2.20. The van der Waals surface area contributed by atoms with E-state index in [4.69, 9.17) is 10.2 Å². The summed E-state index contributed by atoms with van der Waals surface area (Å²) in [6.07, 6.45) is 2.88. The zero-order chi connectivity index (χ0) is 16.4. The fourth-order valence-electron chi connectivity index (χ4n) is 2.12. The molecule has 0 radical (unpaired) electrons. The summed E-state index contributed by atoms with van der Waals surface area (Å²) in [5.74, 6) is -0.174. The summed E-state index contributed by atoms with van der Waals surface area (Å²) in [5, 5.41) is 16.0. The third-order valence-corrected chi connectivity index (χ3v) is 4.12. The summed E-state index contributed by atoms with van der Waals surface area (Å²) < 4.78 is 5.01. The maximum Gasteiger partial charge on any atom is 0.261 e. The summed E-state index contributed by atoms with van der Waals surface area (Å²) in [7, 11) is 0. The zero-order valence-corrected chi connectivity index (χ0v) is 12.9. The minimum Gasteiger partial charge on any atom is -0.472 e. The normalized spacial score (nSPS) is 11.8. The lowest BCUT2D eigenvalue weighted by Crippen LogP contribution is -2.21. The Bertz CT molecular complexity index is 885. The van der Waals surface area contributed by atoms with Gasteiger partial charge in [-0.25, -0.2) is 9.97 Å². The van der Waals surface area contributed by atoms with E-state index in [0.29, 0.717) is 32.9 Å². The first-order valence-electron chi connectivity index (χ1n) is 6.74. The smallest absolute Gasteiger partial charge is 0.261 e. The average molecular weight is 331 g/mol. The Morgan fingerprint density at radius 3 is 3.00 bits per heavy atom. The number of furan rings is 1. The van der Waals surface area contributed by atoms with E-state index in [2.05, 4.69) is 20.4 Å². The van der Waals surface area contributed by atoms with Crippen molar-refractivity contribution in [3.63, 3.8) is 0 Å². The van der Waals surface area contributed by atoms with E-state index in [-0.39, 0.29) is 17.6 Å². The molecule has 0 unspecified atom stereocenters. The van der Waals surface area contributed by atoms with Gasteiger partial charge in [0.05, 0.1) is 17.4 Å². The van der Waals surface area contributed by atoms with Gasteiger partial charge in [0.15, 0.2) is 0 Å². The summed E-state index contributed by atoms with van der Waals surface area (Å²) >= 11 is 1.20. The third-order valence-electron chi connectivity index (χ3n) is 3.09. The molecule has 9 heteroatoms. The lowest BCUT2D eigenvalue weighted by molar-refractivity contribution is 0.0960. The number of carbonyl (C=O) groups excluding carboxylic acids is 1. The van der Waals surface area contributed by atoms with Crippen LogP contribution >= 0.6 is 11.3 Å². The Labute approximate surface area is 134 Å². The van der Waals surface area contributed by atoms with Gasteiger partial charge in [-0.2, -0.15) is 0 Å². The van der Waals surface area contributed by atoms with Gasteiger partial charge in [-0.05, 0) is 19.1 Å². The van der Waals surface area contributed by atoms with Crippen LogP contribution in [0.25, 0.3) is 10.2 Å². The summed E-state index contributed by atoms with van der Waals surface area (Å²) in [5.41, 5.74) is 6.81. The molecule has 23 heavy (non-hydrogen) atoms. The van der Waals surface area contributed by atoms with Crippen molar-refractivity contribution < 1.29 is 14.4 Å². The highest BCUT2D eigenvalue weighted by molar-refractivity contribution is 7.20. The fraction of sp³-hybridized carbons (Fsp3) is 0.143. The number of nitrogens with zero attached hydrogens (tertiary/aromatic N) is 3. The lowest BCUT2D eigenvalue weighted by Gasteiger charge is -2.03. The van der Waals surface area contributed by atoms with Crippen LogP contribution in [0.1, 0.15) is 27.9 Å². The van der Waals surface area contributed by atoms with Crippen molar-refractivity contribution in [1.82, 2.24) is 15.3 Å². The molecule has 4 N–H and O–H groups in total. The van der Waals surface area contributed by atoms with Gasteiger partial charge in [0.1, 0.15) is 16.2 Å². The van der Waals surface area contributed by atoms with E-state index in [1.165, 1.54) is 23.9 Å². The van der Waals surface area contributed by atoms with Crippen LogP contribution in [0.2, 0.25) is 0 Å². The number of thiophene rings is 1. The molecule has 3 rings (SSSR count). The second kappa shape index (κ2) is 6.05. The quantitative estimate of drug-likeness (QED) is 0.380. The molecule has 0 saturated carbocycles.